The standard InChI is InChI=1S/C19H27N3O3S/c1-2-11-22-12-10-15(14-22)13-20-26(24,25)18-8-6-16(7-9-18)19(23)21-17-4-3-5-17/h2,6-9,15,17,20H,1,3-5,10-14H2,(H,21,23). The van der Waals surface area contributed by atoms with Gasteiger partial charge in [0.2, 0.25) is 10.0 Å². The second-order valence-electron chi connectivity index (χ2n) is 7.18. The summed E-state index contributed by atoms with van der Waals surface area (Å²) in [5.41, 5.74) is 0.492. The van der Waals surface area contributed by atoms with Crippen molar-refractivity contribution < 1.29 is 13.2 Å². The molecule has 2 N–H and O–H groups in total. The minimum absolute atomic E-state index is 0.139. The largest absolute Gasteiger partial charge is 0.349 e. The fourth-order valence-electron chi connectivity index (χ4n) is 3.35. The molecule has 3 rings (SSSR count). The summed E-state index contributed by atoms with van der Waals surface area (Å²) in [6.45, 7) is 6.87. The normalized spacial score (nSPS) is 21.3. The molecule has 1 atom stereocenters. The van der Waals surface area contributed by atoms with Crippen LogP contribution in [-0.2, 0) is 10.0 Å². The van der Waals surface area contributed by atoms with Crippen LogP contribution in [0.5, 0.6) is 0 Å². The van der Waals surface area contributed by atoms with E-state index < -0.39 is 10.0 Å². The SMILES string of the molecule is C=CCN1CCC(CNS(=O)(=O)c2ccc(C(=O)NC3CCC3)cc2)C1. The van der Waals surface area contributed by atoms with E-state index in [2.05, 4.69) is 21.5 Å². The van der Waals surface area contributed by atoms with Gasteiger partial charge in [-0.05, 0) is 62.4 Å². The van der Waals surface area contributed by atoms with Crippen molar-refractivity contribution in [2.45, 2.75) is 36.6 Å². The summed E-state index contributed by atoms with van der Waals surface area (Å²) < 4.78 is 27.6. The van der Waals surface area contributed by atoms with Crippen LogP contribution >= 0.6 is 0 Å². The minimum Gasteiger partial charge on any atom is -0.349 e. The first-order valence-electron chi connectivity index (χ1n) is 9.22. The van der Waals surface area contributed by atoms with Gasteiger partial charge in [-0.1, -0.05) is 6.08 Å². The van der Waals surface area contributed by atoms with Crippen molar-refractivity contribution in [3.8, 4) is 0 Å². The summed E-state index contributed by atoms with van der Waals surface area (Å²) in [4.78, 5) is 14.6. The number of sulfonamides is 1. The number of rotatable bonds is 8. The van der Waals surface area contributed by atoms with Crippen LogP contribution in [0.2, 0.25) is 0 Å². The molecule has 7 heteroatoms. The topological polar surface area (TPSA) is 78.5 Å². The summed E-state index contributed by atoms with van der Waals surface area (Å²) in [6.07, 6.45) is 6.05. The summed E-state index contributed by atoms with van der Waals surface area (Å²) in [5.74, 6) is 0.178. The van der Waals surface area contributed by atoms with E-state index in [9.17, 15) is 13.2 Å². The Morgan fingerprint density at radius 3 is 2.58 bits per heavy atom. The van der Waals surface area contributed by atoms with Gasteiger partial charge in [-0.2, -0.15) is 0 Å². The Morgan fingerprint density at radius 2 is 1.96 bits per heavy atom. The van der Waals surface area contributed by atoms with E-state index in [1.165, 1.54) is 12.1 Å². The van der Waals surface area contributed by atoms with E-state index in [1.54, 1.807) is 12.1 Å². The molecule has 142 valence electrons. The zero-order valence-corrected chi connectivity index (χ0v) is 15.8. The van der Waals surface area contributed by atoms with Crippen LogP contribution in [0, 0.1) is 5.92 Å². The maximum absolute atomic E-state index is 12.5. The van der Waals surface area contributed by atoms with Gasteiger partial charge in [0.1, 0.15) is 0 Å². The van der Waals surface area contributed by atoms with Crippen LogP contribution in [0.3, 0.4) is 0 Å². The van der Waals surface area contributed by atoms with E-state index in [-0.39, 0.29) is 16.8 Å². The predicted octanol–water partition coefficient (Wildman–Crippen LogP) is 1.76. The Balaban J connectivity index is 1.53. The quantitative estimate of drug-likeness (QED) is 0.677. The van der Waals surface area contributed by atoms with Crippen LogP contribution < -0.4 is 10.0 Å². The number of amides is 1. The lowest BCUT2D eigenvalue weighted by molar-refractivity contribution is 0.0917. The highest BCUT2D eigenvalue weighted by Crippen LogP contribution is 2.19. The fraction of sp³-hybridized carbons (Fsp3) is 0.526. The Bertz CT molecular complexity index is 742. The lowest BCUT2D eigenvalue weighted by Crippen LogP contribution is -2.39. The summed E-state index contributed by atoms with van der Waals surface area (Å²) in [5, 5.41) is 2.95. The van der Waals surface area contributed by atoms with Crippen molar-refractivity contribution in [3.63, 3.8) is 0 Å². The van der Waals surface area contributed by atoms with Gasteiger partial charge in [-0.25, -0.2) is 13.1 Å². The maximum Gasteiger partial charge on any atom is 0.251 e. The summed E-state index contributed by atoms with van der Waals surface area (Å²) in [6, 6.07) is 6.40. The number of nitrogens with zero attached hydrogens (tertiary/aromatic N) is 1. The lowest BCUT2D eigenvalue weighted by Gasteiger charge is -2.26. The molecule has 1 heterocycles. The lowest BCUT2D eigenvalue weighted by atomic mass is 9.93. The number of likely N-dealkylation sites (tertiary alicyclic amines) is 1. The second-order valence-corrected chi connectivity index (χ2v) is 8.95. The van der Waals surface area contributed by atoms with Gasteiger partial charge in [0, 0.05) is 31.2 Å². The molecule has 1 amide bonds. The Morgan fingerprint density at radius 1 is 1.23 bits per heavy atom. The van der Waals surface area contributed by atoms with Crippen LogP contribution in [-0.4, -0.2) is 51.4 Å². The summed E-state index contributed by atoms with van der Waals surface area (Å²) >= 11 is 0. The van der Waals surface area contributed by atoms with Gasteiger partial charge in [0.15, 0.2) is 0 Å². The van der Waals surface area contributed by atoms with E-state index in [0.717, 1.165) is 45.3 Å². The van der Waals surface area contributed by atoms with Gasteiger partial charge >= 0.3 is 0 Å². The van der Waals surface area contributed by atoms with Crippen molar-refractivity contribution >= 4 is 15.9 Å². The van der Waals surface area contributed by atoms with Gasteiger partial charge in [-0.15, -0.1) is 6.58 Å². The Hall–Kier alpha value is -1.70. The molecule has 2 aliphatic rings. The zero-order chi connectivity index (χ0) is 18.6. The van der Waals surface area contributed by atoms with E-state index in [4.69, 9.17) is 0 Å². The average molecular weight is 378 g/mol. The van der Waals surface area contributed by atoms with Crippen molar-refractivity contribution in [1.82, 2.24) is 14.9 Å². The molecule has 2 fully saturated rings. The molecule has 0 bridgehead atoms. The van der Waals surface area contributed by atoms with Gasteiger partial charge in [-0.3, -0.25) is 9.69 Å². The third-order valence-electron chi connectivity index (χ3n) is 5.19. The van der Waals surface area contributed by atoms with Crippen LogP contribution in [0.15, 0.2) is 41.8 Å². The number of benzene rings is 1. The van der Waals surface area contributed by atoms with Crippen LogP contribution in [0.4, 0.5) is 0 Å². The highest BCUT2D eigenvalue weighted by atomic mass is 32.2. The number of hydrogen-bond donors (Lipinski definition) is 2. The van der Waals surface area contributed by atoms with Gasteiger partial charge < -0.3 is 5.32 Å². The van der Waals surface area contributed by atoms with Crippen LogP contribution in [0.25, 0.3) is 0 Å². The highest BCUT2D eigenvalue weighted by Gasteiger charge is 2.24. The summed E-state index contributed by atoms with van der Waals surface area (Å²) in [7, 11) is -3.56. The predicted molar refractivity (Wildman–Crippen MR) is 101 cm³/mol. The maximum atomic E-state index is 12.5. The van der Waals surface area contributed by atoms with Gasteiger partial charge in [0.05, 0.1) is 4.90 Å². The Labute approximate surface area is 155 Å². The molecular weight excluding hydrogens is 350 g/mol. The van der Waals surface area contributed by atoms with Crippen molar-refractivity contribution in [2.75, 3.05) is 26.2 Å². The third-order valence-corrected chi connectivity index (χ3v) is 6.63. The molecule has 6 nitrogen and oxygen atoms in total. The molecule has 0 radical (unpaired) electrons. The molecule has 26 heavy (non-hydrogen) atoms. The van der Waals surface area contributed by atoms with Crippen molar-refractivity contribution in [2.24, 2.45) is 5.92 Å². The number of hydrogen-bond acceptors (Lipinski definition) is 4. The molecule has 1 saturated heterocycles. The van der Waals surface area contributed by atoms with Crippen molar-refractivity contribution in [1.29, 1.82) is 0 Å². The molecule has 0 aromatic heterocycles. The van der Waals surface area contributed by atoms with Gasteiger partial charge in [0.25, 0.3) is 5.91 Å². The first-order valence-corrected chi connectivity index (χ1v) is 10.7. The smallest absolute Gasteiger partial charge is 0.251 e. The molecule has 1 aromatic carbocycles. The molecular formula is C19H27N3O3S. The first-order chi connectivity index (χ1) is 12.5. The van der Waals surface area contributed by atoms with E-state index >= 15 is 0 Å². The minimum atomic E-state index is -3.56. The number of nitrogens with one attached hydrogen (secondary N) is 2. The van der Waals surface area contributed by atoms with E-state index in [1.807, 2.05) is 6.08 Å². The van der Waals surface area contributed by atoms with Crippen LogP contribution in [0.1, 0.15) is 36.0 Å². The monoisotopic (exact) mass is 377 g/mol. The Kier molecular flexibility index (Phi) is 6.11. The average Bonchev–Trinajstić information content (AvgIpc) is 3.04. The molecule has 1 unspecified atom stereocenters. The first kappa shape index (κ1) is 19.1. The molecule has 1 aromatic rings. The molecule has 0 spiro atoms. The number of carbonyl (C=O) groups excluding carboxylic acids is 1. The number of carbonyl (C=O) groups is 1. The zero-order valence-electron chi connectivity index (χ0n) is 15.0. The fourth-order valence-corrected chi connectivity index (χ4v) is 4.46. The third kappa shape index (κ3) is 4.72. The molecule has 1 aliphatic heterocycles. The van der Waals surface area contributed by atoms with Crippen molar-refractivity contribution in [3.05, 3.63) is 42.5 Å². The van der Waals surface area contributed by atoms with E-state index in [0.29, 0.717) is 18.0 Å². The molecule has 1 saturated carbocycles. The second kappa shape index (κ2) is 8.33. The highest BCUT2D eigenvalue weighted by molar-refractivity contribution is 7.89. The molecule has 1 aliphatic carbocycles.